The number of hydrogen-bond acceptors (Lipinski definition) is 7. The van der Waals surface area contributed by atoms with Gasteiger partial charge in [0.05, 0.1) is 17.3 Å². The van der Waals surface area contributed by atoms with Crippen LogP contribution in [0.3, 0.4) is 0 Å². The summed E-state index contributed by atoms with van der Waals surface area (Å²) in [5.41, 5.74) is 16.3. The topological polar surface area (TPSA) is 210 Å². The minimum Gasteiger partial charge on any atom is -0.480 e. The lowest BCUT2D eigenvalue weighted by Crippen LogP contribution is -2.37. The van der Waals surface area contributed by atoms with Crippen molar-refractivity contribution >= 4 is 34.5 Å². The highest BCUT2D eigenvalue weighted by Gasteiger charge is 2.30. The van der Waals surface area contributed by atoms with E-state index in [2.05, 4.69) is 4.99 Å². The lowest BCUT2D eigenvalue weighted by molar-refractivity contribution is -0.138. The number of aliphatic carboxylic acids is 1. The average molecular weight is 535 g/mol. The van der Waals surface area contributed by atoms with Crippen molar-refractivity contribution in [2.45, 2.75) is 63.6 Å². The van der Waals surface area contributed by atoms with Crippen molar-refractivity contribution in [3.05, 3.63) is 39.4 Å². The maximum absolute atomic E-state index is 15.0. The second-order valence-corrected chi connectivity index (χ2v) is 9.67. The molecule has 2 atom stereocenters. The number of pyridine rings is 1. The summed E-state index contributed by atoms with van der Waals surface area (Å²) < 4.78 is 16.8. The first-order valence-corrected chi connectivity index (χ1v) is 12.5. The van der Waals surface area contributed by atoms with Gasteiger partial charge in [0.25, 0.3) is 0 Å². The third-order valence-corrected chi connectivity index (χ3v) is 6.92. The van der Waals surface area contributed by atoms with Gasteiger partial charge in [-0.25, -0.2) is 9.18 Å². The van der Waals surface area contributed by atoms with Crippen molar-refractivity contribution < 1.29 is 29.3 Å². The number of aliphatic hydroxyl groups is 1. The molecular weight excluding hydrogens is 499 g/mol. The molecule has 0 spiro atoms. The maximum atomic E-state index is 15.0. The first-order chi connectivity index (χ1) is 17.9. The summed E-state index contributed by atoms with van der Waals surface area (Å²) in [6.07, 6.45) is 4.53. The predicted molar refractivity (Wildman–Crippen MR) is 141 cm³/mol. The smallest absolute Gasteiger partial charge is 0.341 e. The number of nitrogens with zero attached hydrogens (tertiary/aromatic N) is 3. The van der Waals surface area contributed by atoms with E-state index in [-0.39, 0.29) is 29.1 Å². The van der Waals surface area contributed by atoms with Gasteiger partial charge in [0.2, 0.25) is 5.43 Å². The zero-order chi connectivity index (χ0) is 28.1. The third kappa shape index (κ3) is 6.40. The van der Waals surface area contributed by atoms with E-state index in [1.165, 1.54) is 12.3 Å². The van der Waals surface area contributed by atoms with E-state index in [4.69, 9.17) is 22.3 Å². The normalized spacial score (nSPS) is 17.9. The summed E-state index contributed by atoms with van der Waals surface area (Å²) in [6, 6.07) is 0.395. The van der Waals surface area contributed by atoms with Crippen LogP contribution in [0.2, 0.25) is 0 Å². The summed E-state index contributed by atoms with van der Waals surface area (Å²) >= 11 is 0. The summed E-state index contributed by atoms with van der Waals surface area (Å²) in [7, 11) is 0. The Morgan fingerprint density at radius 3 is 2.45 bits per heavy atom. The van der Waals surface area contributed by atoms with Gasteiger partial charge < -0.3 is 42.0 Å². The molecule has 0 bridgehead atoms. The fraction of sp³-hybridized carbons (Fsp3) is 0.520. The number of halogens is 1. The fourth-order valence-corrected chi connectivity index (χ4v) is 4.86. The second-order valence-electron chi connectivity index (χ2n) is 9.67. The first-order valence-electron chi connectivity index (χ1n) is 12.5. The number of aromatic nitrogens is 1. The van der Waals surface area contributed by atoms with Crippen LogP contribution in [-0.4, -0.2) is 69.6 Å². The van der Waals surface area contributed by atoms with Crippen molar-refractivity contribution in [3.63, 3.8) is 0 Å². The van der Waals surface area contributed by atoms with Crippen LogP contribution in [0.4, 0.5) is 10.1 Å². The summed E-state index contributed by atoms with van der Waals surface area (Å²) in [4.78, 5) is 39.9. The molecule has 1 unspecified atom stereocenters. The Hall–Kier alpha value is -3.71. The first kappa shape index (κ1) is 28.9. The Labute approximate surface area is 218 Å². The molecule has 0 radical (unpaired) electrons. The van der Waals surface area contributed by atoms with E-state index in [1.807, 2.05) is 11.8 Å². The Kier molecular flexibility index (Phi) is 9.28. The van der Waals surface area contributed by atoms with Gasteiger partial charge >= 0.3 is 11.9 Å². The van der Waals surface area contributed by atoms with Gasteiger partial charge in [0.15, 0.2) is 5.96 Å². The number of carboxylic acid groups (broad SMARTS) is 2. The molecular formula is C25H35FN6O6. The largest absolute Gasteiger partial charge is 0.480 e. The van der Waals surface area contributed by atoms with Crippen molar-refractivity contribution in [1.29, 1.82) is 0 Å². The van der Waals surface area contributed by atoms with Gasteiger partial charge in [0, 0.05) is 42.8 Å². The number of carbonyl (C=O) groups is 2. The number of piperidine rings is 1. The molecule has 208 valence electrons. The number of aryl methyl sites for hydroxylation is 1. The van der Waals surface area contributed by atoms with Crippen molar-refractivity contribution in [2.24, 2.45) is 22.2 Å². The maximum Gasteiger partial charge on any atom is 0.341 e. The van der Waals surface area contributed by atoms with Crippen LogP contribution in [0.25, 0.3) is 10.9 Å². The van der Waals surface area contributed by atoms with Gasteiger partial charge in [0.1, 0.15) is 17.4 Å². The van der Waals surface area contributed by atoms with Crippen LogP contribution in [0.5, 0.6) is 0 Å². The molecule has 13 heteroatoms. The zero-order valence-corrected chi connectivity index (χ0v) is 21.3. The molecule has 1 saturated heterocycles. The van der Waals surface area contributed by atoms with Crippen LogP contribution >= 0.6 is 0 Å². The molecule has 12 nitrogen and oxygen atoms in total. The lowest BCUT2D eigenvalue weighted by Gasteiger charge is -2.36. The van der Waals surface area contributed by atoms with Crippen LogP contribution in [0.1, 0.15) is 61.0 Å². The molecule has 3 heterocycles. The monoisotopic (exact) mass is 534 g/mol. The van der Waals surface area contributed by atoms with Crippen molar-refractivity contribution in [3.8, 4) is 0 Å². The molecule has 4 rings (SSSR count). The summed E-state index contributed by atoms with van der Waals surface area (Å²) in [5, 5.41) is 27.6. The van der Waals surface area contributed by atoms with Gasteiger partial charge in [-0.3, -0.25) is 14.6 Å². The van der Waals surface area contributed by atoms with Crippen LogP contribution in [0, 0.1) is 5.82 Å². The van der Waals surface area contributed by atoms with Gasteiger partial charge in [-0.2, -0.15) is 0 Å². The Morgan fingerprint density at radius 2 is 1.87 bits per heavy atom. The highest BCUT2D eigenvalue weighted by atomic mass is 19.1. The number of nitrogens with two attached hydrogens (primary N) is 3. The summed E-state index contributed by atoms with van der Waals surface area (Å²) in [6.45, 7) is 3.51. The van der Waals surface area contributed by atoms with Crippen LogP contribution in [0.15, 0.2) is 22.1 Å². The molecule has 1 aromatic heterocycles. The van der Waals surface area contributed by atoms with Crippen molar-refractivity contribution in [1.82, 2.24) is 4.57 Å². The number of rotatable bonds is 7. The van der Waals surface area contributed by atoms with E-state index < -0.39 is 29.2 Å². The Bertz CT molecular complexity index is 1280. The molecule has 2 aliphatic rings. The second kappa shape index (κ2) is 12.2. The molecule has 9 N–H and O–H groups in total. The molecule has 0 amide bonds. The number of carboxylic acids is 2. The average Bonchev–Trinajstić information content (AvgIpc) is 2.85. The number of anilines is 1. The number of guanidine groups is 1. The number of aliphatic imine (C=N–C) groups is 1. The van der Waals surface area contributed by atoms with E-state index >= 15 is 4.39 Å². The van der Waals surface area contributed by atoms with Gasteiger partial charge in [-0.05, 0) is 51.5 Å². The van der Waals surface area contributed by atoms with E-state index in [9.17, 15) is 24.6 Å². The Morgan fingerprint density at radius 1 is 1.21 bits per heavy atom. The highest BCUT2D eigenvalue weighted by molar-refractivity contribution is 5.95. The zero-order valence-electron chi connectivity index (χ0n) is 21.3. The van der Waals surface area contributed by atoms with Crippen LogP contribution in [-0.2, 0) is 11.2 Å². The summed E-state index contributed by atoms with van der Waals surface area (Å²) in [5.74, 6) is -2.78. The SMILES string of the molecule is C[C@H]1CCc2c(N3CCC(O)CC3)c(F)cc3c(=O)c(C(=O)O)cn1c23.NC(N)=NCCCC(N)C(=O)O. The minimum atomic E-state index is -1.30. The third-order valence-electron chi connectivity index (χ3n) is 6.92. The standard InChI is InChI=1S/C19H21FN2O4.C6H14N4O2/c1-10-2-3-12-16-13(18(24)14(19(25)26)9-22(10)16)8-15(20)17(12)21-6-4-11(23)5-7-21;7-4(5(11)12)2-1-3-10-6(8)9/h8-11,23H,2-7H2,1H3,(H,25,26);4H,1-3,7H2,(H,11,12)(H4,8,9,10)/t10-;/m0./s1. The molecule has 2 aliphatic heterocycles. The van der Waals surface area contributed by atoms with E-state index in [0.29, 0.717) is 62.9 Å². The molecule has 1 aromatic carbocycles. The molecule has 2 aromatic rings. The Balaban J connectivity index is 0.000000284. The fourth-order valence-electron chi connectivity index (χ4n) is 4.86. The molecule has 0 saturated carbocycles. The molecule has 0 aliphatic carbocycles. The van der Waals surface area contributed by atoms with Crippen molar-refractivity contribution in [2.75, 3.05) is 24.5 Å². The van der Waals surface area contributed by atoms with Crippen LogP contribution < -0.4 is 27.5 Å². The lowest BCUT2D eigenvalue weighted by atomic mass is 9.93. The van der Waals surface area contributed by atoms with Gasteiger partial charge in [-0.1, -0.05) is 0 Å². The van der Waals surface area contributed by atoms with Gasteiger partial charge in [-0.15, -0.1) is 0 Å². The highest BCUT2D eigenvalue weighted by Crippen LogP contribution is 2.38. The van der Waals surface area contributed by atoms with E-state index in [1.54, 1.807) is 4.57 Å². The number of benzene rings is 1. The van der Waals surface area contributed by atoms with E-state index in [0.717, 1.165) is 12.0 Å². The predicted octanol–water partition coefficient (Wildman–Crippen LogP) is 0.759. The number of aliphatic hydroxyl groups excluding tert-OH is 1. The number of aromatic carboxylic acids is 1. The molecule has 38 heavy (non-hydrogen) atoms. The molecule has 1 fully saturated rings. The quantitative estimate of drug-likeness (QED) is 0.167. The number of hydrogen-bond donors (Lipinski definition) is 6. The minimum absolute atomic E-state index is 0.0129.